The van der Waals surface area contributed by atoms with Crippen LogP contribution in [0, 0.1) is 4.64 Å². The van der Waals surface area contributed by atoms with Crippen molar-refractivity contribution in [3.05, 3.63) is 57.1 Å². The Balaban J connectivity index is 1.81. The number of nitrogens with one attached hydrogen (secondary N) is 1. The van der Waals surface area contributed by atoms with Crippen LogP contribution in [0.1, 0.15) is 53.4 Å². The molecule has 0 amide bonds. The molecule has 0 fully saturated rings. The number of hydrogen-bond acceptors (Lipinski definition) is 2. The van der Waals surface area contributed by atoms with Gasteiger partial charge in [0.25, 0.3) is 0 Å². The number of hydrogen-bond donors (Lipinski definition) is 1. The molecule has 1 aromatic heterocycles. The van der Waals surface area contributed by atoms with E-state index in [0.717, 1.165) is 36.1 Å². The van der Waals surface area contributed by atoms with Crippen LogP contribution < -0.4 is 0 Å². The lowest BCUT2D eigenvalue weighted by molar-refractivity contribution is 0.636. The molecule has 0 spiro atoms. The van der Waals surface area contributed by atoms with Crippen LogP contribution >= 0.6 is 12.2 Å². The van der Waals surface area contributed by atoms with E-state index in [4.69, 9.17) is 17.2 Å². The second kappa shape index (κ2) is 4.81. The van der Waals surface area contributed by atoms with Gasteiger partial charge < -0.3 is 4.98 Å². The molecule has 2 aliphatic carbocycles. The number of nitrogens with zero attached hydrogens (tertiary/aromatic N) is 1. The van der Waals surface area contributed by atoms with Gasteiger partial charge in [0, 0.05) is 17.2 Å². The molecule has 1 heterocycles. The highest BCUT2D eigenvalue weighted by Gasteiger charge is 2.26. The molecule has 1 aromatic carbocycles. The van der Waals surface area contributed by atoms with E-state index < -0.39 is 0 Å². The fourth-order valence-electron chi connectivity index (χ4n) is 3.64. The van der Waals surface area contributed by atoms with Gasteiger partial charge in [-0.05, 0) is 49.7 Å². The molecule has 0 radical (unpaired) electrons. The quantitative estimate of drug-likeness (QED) is 0.798. The van der Waals surface area contributed by atoms with Crippen molar-refractivity contribution in [2.75, 3.05) is 0 Å². The largest absolute Gasteiger partial charge is 0.346 e. The lowest BCUT2D eigenvalue weighted by Gasteiger charge is -2.19. The molecule has 2 aliphatic rings. The van der Waals surface area contributed by atoms with Gasteiger partial charge in [0.05, 0.1) is 0 Å². The third-order valence-corrected chi connectivity index (χ3v) is 5.03. The highest BCUT2D eigenvalue weighted by Crippen LogP contribution is 2.37. The van der Waals surface area contributed by atoms with E-state index in [1.54, 1.807) is 0 Å². The maximum atomic E-state index is 5.53. The predicted octanol–water partition coefficient (Wildman–Crippen LogP) is 4.10. The molecule has 0 saturated carbocycles. The van der Waals surface area contributed by atoms with Crippen LogP contribution in [-0.4, -0.2) is 9.97 Å². The van der Waals surface area contributed by atoms with E-state index >= 15 is 0 Å². The van der Waals surface area contributed by atoms with Crippen LogP contribution in [0.2, 0.25) is 0 Å². The SMILES string of the molecule is S=c1nc(C2CCc3ccccc32)[nH]c2c1CCCC2. The minimum absolute atomic E-state index is 0.403. The second-order valence-electron chi connectivity index (χ2n) is 5.88. The van der Waals surface area contributed by atoms with Crippen LogP contribution in [0.25, 0.3) is 0 Å². The summed E-state index contributed by atoms with van der Waals surface area (Å²) in [6.07, 6.45) is 7.04. The Morgan fingerprint density at radius 1 is 1.10 bits per heavy atom. The number of H-pyrrole nitrogens is 1. The monoisotopic (exact) mass is 282 g/mol. The fraction of sp³-hybridized carbons (Fsp3) is 0.412. The van der Waals surface area contributed by atoms with Gasteiger partial charge in [-0.3, -0.25) is 0 Å². The minimum atomic E-state index is 0.403. The first-order chi connectivity index (χ1) is 9.83. The van der Waals surface area contributed by atoms with E-state index in [9.17, 15) is 0 Å². The lowest BCUT2D eigenvalue weighted by atomic mass is 9.96. The molecule has 102 valence electrons. The number of aryl methyl sites for hydroxylation is 2. The zero-order chi connectivity index (χ0) is 13.5. The van der Waals surface area contributed by atoms with Crippen molar-refractivity contribution < 1.29 is 0 Å². The van der Waals surface area contributed by atoms with Crippen LogP contribution in [0.15, 0.2) is 24.3 Å². The number of benzene rings is 1. The molecule has 2 nitrogen and oxygen atoms in total. The average molecular weight is 282 g/mol. The Bertz CT molecular complexity index is 717. The van der Waals surface area contributed by atoms with Crippen molar-refractivity contribution in [2.45, 2.75) is 44.4 Å². The van der Waals surface area contributed by atoms with Gasteiger partial charge in [0.2, 0.25) is 0 Å². The highest BCUT2D eigenvalue weighted by atomic mass is 32.1. The van der Waals surface area contributed by atoms with E-state index in [1.807, 2.05) is 0 Å². The Hall–Kier alpha value is -1.48. The smallest absolute Gasteiger partial charge is 0.133 e. The Morgan fingerprint density at radius 3 is 2.90 bits per heavy atom. The molecule has 4 rings (SSSR count). The third-order valence-electron chi connectivity index (χ3n) is 4.69. The van der Waals surface area contributed by atoms with Crippen molar-refractivity contribution >= 4 is 12.2 Å². The molecule has 1 unspecified atom stereocenters. The molecular formula is C17H18N2S. The van der Waals surface area contributed by atoms with Crippen LogP contribution in [0.4, 0.5) is 0 Å². The van der Waals surface area contributed by atoms with Crippen LogP contribution in [0.3, 0.4) is 0 Å². The van der Waals surface area contributed by atoms with Gasteiger partial charge in [-0.15, -0.1) is 0 Å². The number of fused-ring (bicyclic) bond motifs is 2. The summed E-state index contributed by atoms with van der Waals surface area (Å²) in [5.41, 5.74) is 5.54. The second-order valence-corrected chi connectivity index (χ2v) is 6.27. The zero-order valence-corrected chi connectivity index (χ0v) is 12.3. The molecule has 1 atom stereocenters. The third kappa shape index (κ3) is 1.92. The summed E-state index contributed by atoms with van der Waals surface area (Å²) in [6, 6.07) is 8.74. The molecular weight excluding hydrogens is 264 g/mol. The maximum Gasteiger partial charge on any atom is 0.133 e. The Kier molecular flexibility index (Phi) is 2.95. The molecule has 0 bridgehead atoms. The summed E-state index contributed by atoms with van der Waals surface area (Å²) in [5.74, 6) is 1.49. The van der Waals surface area contributed by atoms with Gasteiger partial charge in [-0.25, -0.2) is 4.98 Å². The fourth-order valence-corrected chi connectivity index (χ4v) is 3.97. The first-order valence-electron chi connectivity index (χ1n) is 7.52. The molecule has 20 heavy (non-hydrogen) atoms. The van der Waals surface area contributed by atoms with Crippen LogP contribution in [0.5, 0.6) is 0 Å². The van der Waals surface area contributed by atoms with Gasteiger partial charge in [0.15, 0.2) is 0 Å². The standard InChI is InChI=1S/C17H18N2S/c20-17-14-7-3-4-8-15(14)18-16(19-17)13-10-9-11-5-1-2-6-12(11)13/h1-2,5-6,13H,3-4,7-10H2,(H,18,19,20). The first-order valence-corrected chi connectivity index (χ1v) is 7.93. The number of aromatic amines is 1. The molecule has 0 saturated heterocycles. The summed E-state index contributed by atoms with van der Waals surface area (Å²) in [5, 5.41) is 0. The van der Waals surface area contributed by atoms with Gasteiger partial charge in [-0.1, -0.05) is 36.5 Å². The number of rotatable bonds is 1. The molecule has 1 N–H and O–H groups in total. The van der Waals surface area contributed by atoms with Gasteiger partial charge in [-0.2, -0.15) is 0 Å². The molecule has 3 heteroatoms. The summed E-state index contributed by atoms with van der Waals surface area (Å²) in [7, 11) is 0. The first kappa shape index (κ1) is 12.3. The van der Waals surface area contributed by atoms with Crippen LogP contribution in [-0.2, 0) is 19.3 Å². The van der Waals surface area contributed by atoms with E-state index in [0.29, 0.717) is 5.92 Å². The average Bonchev–Trinajstić information content (AvgIpc) is 2.91. The molecule has 2 aromatic rings. The molecule has 0 aliphatic heterocycles. The Morgan fingerprint density at radius 2 is 1.95 bits per heavy atom. The minimum Gasteiger partial charge on any atom is -0.346 e. The summed E-state index contributed by atoms with van der Waals surface area (Å²) in [6.45, 7) is 0. The van der Waals surface area contributed by atoms with Gasteiger partial charge >= 0.3 is 0 Å². The van der Waals surface area contributed by atoms with Crippen molar-refractivity contribution in [3.8, 4) is 0 Å². The van der Waals surface area contributed by atoms with Gasteiger partial charge in [0.1, 0.15) is 10.5 Å². The summed E-state index contributed by atoms with van der Waals surface area (Å²) in [4.78, 5) is 8.34. The van der Waals surface area contributed by atoms with E-state index in [1.165, 1.54) is 35.2 Å². The summed E-state index contributed by atoms with van der Waals surface area (Å²) >= 11 is 5.53. The predicted molar refractivity (Wildman–Crippen MR) is 82.7 cm³/mol. The zero-order valence-electron chi connectivity index (χ0n) is 11.5. The van der Waals surface area contributed by atoms with E-state index in [2.05, 4.69) is 29.2 Å². The van der Waals surface area contributed by atoms with Crippen molar-refractivity contribution in [2.24, 2.45) is 0 Å². The van der Waals surface area contributed by atoms with Crippen molar-refractivity contribution in [3.63, 3.8) is 0 Å². The number of aromatic nitrogens is 2. The normalized spacial score (nSPS) is 20.5. The highest BCUT2D eigenvalue weighted by molar-refractivity contribution is 7.71. The van der Waals surface area contributed by atoms with Crippen molar-refractivity contribution in [1.82, 2.24) is 9.97 Å². The maximum absolute atomic E-state index is 5.53. The Labute approximate surface area is 124 Å². The van der Waals surface area contributed by atoms with Crippen molar-refractivity contribution in [1.29, 1.82) is 0 Å². The van der Waals surface area contributed by atoms with E-state index in [-0.39, 0.29) is 0 Å². The lowest BCUT2D eigenvalue weighted by Crippen LogP contribution is -2.12. The topological polar surface area (TPSA) is 28.7 Å². The summed E-state index contributed by atoms with van der Waals surface area (Å²) < 4.78 is 0.831.